The van der Waals surface area contributed by atoms with Crippen LogP contribution < -0.4 is 9.47 Å². The van der Waals surface area contributed by atoms with E-state index in [1.807, 2.05) is 28.5 Å². The summed E-state index contributed by atoms with van der Waals surface area (Å²) >= 11 is 1.54. The lowest BCUT2D eigenvalue weighted by Gasteiger charge is -2.13. The predicted octanol–water partition coefficient (Wildman–Crippen LogP) is 2.99. The van der Waals surface area contributed by atoms with Crippen LogP contribution in [0.2, 0.25) is 0 Å². The van der Waals surface area contributed by atoms with E-state index < -0.39 is 0 Å². The Balaban J connectivity index is 1.75. The number of hydrogen-bond donors (Lipinski definition) is 0. The Bertz CT molecular complexity index is 693. The van der Waals surface area contributed by atoms with Crippen LogP contribution in [0.4, 0.5) is 0 Å². The van der Waals surface area contributed by atoms with E-state index in [4.69, 9.17) is 9.47 Å². The fraction of sp³-hybridized carbons (Fsp3) is 0.412. The molecule has 0 N–H and O–H groups in total. The number of ether oxygens (including phenoxy) is 2. The summed E-state index contributed by atoms with van der Waals surface area (Å²) in [5.74, 6) is 1.54. The van der Waals surface area contributed by atoms with Crippen LogP contribution in [0.25, 0.3) is 10.6 Å². The fourth-order valence-electron chi connectivity index (χ4n) is 2.72. The maximum atomic E-state index is 12.2. The minimum absolute atomic E-state index is 0.173. The first kappa shape index (κ1) is 15.8. The van der Waals surface area contributed by atoms with Crippen LogP contribution in [0.15, 0.2) is 23.6 Å². The third kappa shape index (κ3) is 3.47. The molecular weight excluding hydrogens is 312 g/mol. The van der Waals surface area contributed by atoms with Crippen molar-refractivity contribution in [1.29, 1.82) is 0 Å². The van der Waals surface area contributed by atoms with E-state index in [0.29, 0.717) is 17.9 Å². The summed E-state index contributed by atoms with van der Waals surface area (Å²) in [6.45, 7) is 1.76. The molecule has 5 nitrogen and oxygen atoms in total. The van der Waals surface area contributed by atoms with Crippen LogP contribution in [0.5, 0.6) is 11.5 Å². The third-order valence-corrected chi connectivity index (χ3v) is 4.91. The van der Waals surface area contributed by atoms with Gasteiger partial charge in [-0.2, -0.15) is 0 Å². The monoisotopic (exact) mass is 332 g/mol. The van der Waals surface area contributed by atoms with Crippen LogP contribution in [0.1, 0.15) is 18.5 Å². The number of carbonyl (C=O) groups is 1. The first-order valence-corrected chi connectivity index (χ1v) is 8.54. The molecule has 23 heavy (non-hydrogen) atoms. The highest BCUT2D eigenvalue weighted by Gasteiger charge is 2.19. The quantitative estimate of drug-likeness (QED) is 0.845. The van der Waals surface area contributed by atoms with E-state index in [1.165, 1.54) is 0 Å². The second-order valence-corrected chi connectivity index (χ2v) is 6.34. The van der Waals surface area contributed by atoms with Crippen LogP contribution in [0.3, 0.4) is 0 Å². The second-order valence-electron chi connectivity index (χ2n) is 5.48. The van der Waals surface area contributed by atoms with Crippen molar-refractivity contribution < 1.29 is 14.3 Å². The Labute approximate surface area is 139 Å². The molecule has 1 aromatic carbocycles. The average molecular weight is 332 g/mol. The topological polar surface area (TPSA) is 51.7 Å². The van der Waals surface area contributed by atoms with Gasteiger partial charge in [-0.05, 0) is 31.0 Å². The SMILES string of the molecule is COc1ccc(-c2nc(CC(=O)N3CCCC3)cs2)cc1OC. The molecule has 0 bridgehead atoms. The molecule has 2 aromatic rings. The predicted molar refractivity (Wildman–Crippen MR) is 90.2 cm³/mol. The molecule has 0 saturated carbocycles. The van der Waals surface area contributed by atoms with Gasteiger partial charge in [0.15, 0.2) is 11.5 Å². The zero-order valence-electron chi connectivity index (χ0n) is 13.4. The normalized spacial score (nSPS) is 14.1. The van der Waals surface area contributed by atoms with Gasteiger partial charge in [0.2, 0.25) is 5.91 Å². The zero-order chi connectivity index (χ0) is 16.2. The van der Waals surface area contributed by atoms with E-state index in [0.717, 1.165) is 42.2 Å². The lowest BCUT2D eigenvalue weighted by atomic mass is 10.2. The smallest absolute Gasteiger partial charge is 0.228 e. The molecule has 1 amide bonds. The van der Waals surface area contributed by atoms with Gasteiger partial charge in [0.25, 0.3) is 0 Å². The van der Waals surface area contributed by atoms with Gasteiger partial charge < -0.3 is 14.4 Å². The molecule has 122 valence electrons. The highest BCUT2D eigenvalue weighted by molar-refractivity contribution is 7.13. The van der Waals surface area contributed by atoms with Gasteiger partial charge in [0.1, 0.15) is 5.01 Å². The van der Waals surface area contributed by atoms with E-state index in [2.05, 4.69) is 4.98 Å². The lowest BCUT2D eigenvalue weighted by molar-refractivity contribution is -0.129. The number of amides is 1. The van der Waals surface area contributed by atoms with Crippen molar-refractivity contribution in [3.05, 3.63) is 29.3 Å². The van der Waals surface area contributed by atoms with E-state index in [9.17, 15) is 4.79 Å². The van der Waals surface area contributed by atoms with Crippen LogP contribution in [-0.4, -0.2) is 43.1 Å². The molecule has 3 rings (SSSR count). The molecule has 0 aliphatic carbocycles. The first-order valence-electron chi connectivity index (χ1n) is 7.66. The molecule has 1 aliphatic rings. The Morgan fingerprint density at radius 2 is 1.96 bits per heavy atom. The molecule has 6 heteroatoms. The van der Waals surface area contributed by atoms with Gasteiger partial charge in [-0.1, -0.05) is 0 Å². The Kier molecular flexibility index (Phi) is 4.81. The second kappa shape index (κ2) is 7.00. The molecular formula is C17H20N2O3S. The van der Waals surface area contributed by atoms with Crippen molar-refractivity contribution in [1.82, 2.24) is 9.88 Å². The van der Waals surface area contributed by atoms with Gasteiger partial charge in [-0.25, -0.2) is 4.98 Å². The van der Waals surface area contributed by atoms with Crippen LogP contribution in [0, 0.1) is 0 Å². The highest BCUT2D eigenvalue weighted by Crippen LogP contribution is 2.33. The lowest BCUT2D eigenvalue weighted by Crippen LogP contribution is -2.29. The summed E-state index contributed by atoms with van der Waals surface area (Å²) in [5, 5.41) is 2.84. The summed E-state index contributed by atoms with van der Waals surface area (Å²) < 4.78 is 10.6. The van der Waals surface area contributed by atoms with Crippen molar-refractivity contribution >= 4 is 17.2 Å². The van der Waals surface area contributed by atoms with Crippen molar-refractivity contribution in [2.24, 2.45) is 0 Å². The minimum Gasteiger partial charge on any atom is -0.493 e. The number of methoxy groups -OCH3 is 2. The molecule has 1 aliphatic heterocycles. The molecule has 1 aromatic heterocycles. The largest absolute Gasteiger partial charge is 0.493 e. The number of thiazole rings is 1. The molecule has 1 fully saturated rings. The van der Waals surface area contributed by atoms with Crippen molar-refractivity contribution in [2.75, 3.05) is 27.3 Å². The molecule has 0 atom stereocenters. The highest BCUT2D eigenvalue weighted by atomic mass is 32.1. The minimum atomic E-state index is 0.173. The van der Waals surface area contributed by atoms with Gasteiger partial charge >= 0.3 is 0 Å². The van der Waals surface area contributed by atoms with E-state index in [-0.39, 0.29) is 5.91 Å². The maximum Gasteiger partial charge on any atom is 0.228 e. The maximum absolute atomic E-state index is 12.2. The third-order valence-electron chi connectivity index (χ3n) is 3.97. The number of nitrogens with zero attached hydrogens (tertiary/aromatic N) is 2. The van der Waals surface area contributed by atoms with Crippen LogP contribution >= 0.6 is 11.3 Å². The summed E-state index contributed by atoms with van der Waals surface area (Å²) in [6.07, 6.45) is 2.60. The molecule has 1 saturated heterocycles. The summed E-state index contributed by atoms with van der Waals surface area (Å²) in [6, 6.07) is 5.72. The van der Waals surface area contributed by atoms with Gasteiger partial charge in [-0.3, -0.25) is 4.79 Å². The number of benzene rings is 1. The average Bonchev–Trinajstić information content (AvgIpc) is 3.25. The molecule has 0 radical (unpaired) electrons. The fourth-order valence-corrected chi connectivity index (χ4v) is 3.54. The number of likely N-dealkylation sites (tertiary alicyclic amines) is 1. The van der Waals surface area contributed by atoms with Gasteiger partial charge in [0.05, 0.1) is 26.3 Å². The van der Waals surface area contributed by atoms with Gasteiger partial charge in [-0.15, -0.1) is 11.3 Å². The Morgan fingerprint density at radius 3 is 2.65 bits per heavy atom. The van der Waals surface area contributed by atoms with E-state index >= 15 is 0 Å². The molecule has 2 heterocycles. The molecule has 0 unspecified atom stereocenters. The zero-order valence-corrected chi connectivity index (χ0v) is 14.2. The van der Waals surface area contributed by atoms with Crippen molar-refractivity contribution in [3.63, 3.8) is 0 Å². The van der Waals surface area contributed by atoms with Crippen LogP contribution in [-0.2, 0) is 11.2 Å². The van der Waals surface area contributed by atoms with Gasteiger partial charge in [0, 0.05) is 24.0 Å². The Morgan fingerprint density at radius 1 is 1.22 bits per heavy atom. The summed E-state index contributed by atoms with van der Waals surface area (Å²) in [5.41, 5.74) is 1.80. The standard InChI is InChI=1S/C17H20N2O3S/c1-21-14-6-5-12(9-15(14)22-2)17-18-13(11-23-17)10-16(20)19-7-3-4-8-19/h5-6,9,11H,3-4,7-8,10H2,1-2H3. The number of carbonyl (C=O) groups excluding carboxylic acids is 1. The number of rotatable bonds is 5. The summed E-state index contributed by atoms with van der Waals surface area (Å²) in [4.78, 5) is 18.7. The van der Waals surface area contributed by atoms with Crippen molar-refractivity contribution in [2.45, 2.75) is 19.3 Å². The summed E-state index contributed by atoms with van der Waals surface area (Å²) in [7, 11) is 3.23. The van der Waals surface area contributed by atoms with Crippen molar-refractivity contribution in [3.8, 4) is 22.1 Å². The molecule has 0 spiro atoms. The number of aromatic nitrogens is 1. The Hall–Kier alpha value is -2.08. The first-order chi connectivity index (χ1) is 11.2. The van der Waals surface area contributed by atoms with E-state index in [1.54, 1.807) is 25.6 Å². The number of hydrogen-bond acceptors (Lipinski definition) is 5.